The van der Waals surface area contributed by atoms with E-state index in [2.05, 4.69) is 6.58 Å². The first kappa shape index (κ1) is 27.5. The van der Waals surface area contributed by atoms with Gasteiger partial charge in [-0.15, -0.1) is 6.58 Å². The number of carbonyl (C=O) groups is 3. The van der Waals surface area contributed by atoms with Crippen molar-refractivity contribution in [2.24, 2.45) is 0 Å². The third-order valence-electron chi connectivity index (χ3n) is 6.38. The van der Waals surface area contributed by atoms with Gasteiger partial charge < -0.3 is 28.8 Å². The molecule has 1 aliphatic rings. The summed E-state index contributed by atoms with van der Waals surface area (Å²) in [4.78, 5) is 35.8. The number of Topliss-reactive ketones (excluding diaryl/α,β-unsaturated/α-hetero) is 1. The molecule has 0 amide bonds. The van der Waals surface area contributed by atoms with Crippen LogP contribution < -0.4 is 0 Å². The van der Waals surface area contributed by atoms with Crippen molar-refractivity contribution in [2.75, 3.05) is 6.61 Å². The van der Waals surface area contributed by atoms with E-state index in [0.29, 0.717) is 0 Å². The Morgan fingerprint density at radius 1 is 1.13 bits per heavy atom. The van der Waals surface area contributed by atoms with Crippen LogP contribution in [0.5, 0.6) is 0 Å². The molecule has 5 atom stereocenters. The van der Waals surface area contributed by atoms with Crippen LogP contribution in [0.3, 0.4) is 0 Å². The molecular weight excluding hydrogens is 420 g/mol. The lowest BCUT2D eigenvalue weighted by atomic mass is 9.97. The maximum Gasteiger partial charge on any atom is 0.306 e. The lowest BCUT2D eigenvalue weighted by Gasteiger charge is -2.58. The second kappa shape index (κ2) is 10.4. The first-order chi connectivity index (χ1) is 14.1. The van der Waals surface area contributed by atoms with Crippen molar-refractivity contribution in [3.05, 3.63) is 12.7 Å². The van der Waals surface area contributed by atoms with Gasteiger partial charge in [-0.2, -0.15) is 0 Å². The minimum atomic E-state index is -2.81. The summed E-state index contributed by atoms with van der Waals surface area (Å²) in [5.74, 6) is -1.38. The number of aliphatic hydroxyl groups is 1. The van der Waals surface area contributed by atoms with Crippen molar-refractivity contribution in [1.29, 1.82) is 0 Å². The van der Waals surface area contributed by atoms with Gasteiger partial charge in [0.25, 0.3) is 0 Å². The molecule has 0 saturated carbocycles. The molecule has 31 heavy (non-hydrogen) atoms. The number of hydrogen-bond acceptors (Lipinski definition) is 8. The van der Waals surface area contributed by atoms with Gasteiger partial charge in [-0.1, -0.05) is 39.9 Å². The highest BCUT2D eigenvalue weighted by atomic mass is 28.3. The molecule has 1 aliphatic heterocycles. The molecule has 1 N–H and O–H groups in total. The predicted octanol–water partition coefficient (Wildman–Crippen LogP) is 2.93. The SMILES string of the molecule is C=CCO[C@@H]1O[C@@H](C)[C@H](OC(=O)CCC(C)=O)[C@](O)([Si](C)(C)C(C)(C)C)[C@H]1OC(C)=O. The van der Waals surface area contributed by atoms with E-state index < -0.39 is 49.8 Å². The fourth-order valence-corrected chi connectivity index (χ4v) is 6.78. The van der Waals surface area contributed by atoms with Crippen LogP contribution in [-0.2, 0) is 33.3 Å². The van der Waals surface area contributed by atoms with Crippen LogP contribution in [0.1, 0.15) is 54.4 Å². The van der Waals surface area contributed by atoms with E-state index in [-0.39, 0.29) is 30.3 Å². The molecule has 9 heteroatoms. The fourth-order valence-electron chi connectivity index (χ4n) is 3.67. The number of carbonyl (C=O) groups excluding carboxylic acids is 3. The number of rotatable bonds is 9. The summed E-state index contributed by atoms with van der Waals surface area (Å²) in [5.41, 5.74) is 0. The molecule has 0 aromatic rings. The summed E-state index contributed by atoms with van der Waals surface area (Å²) >= 11 is 0. The molecule has 0 spiro atoms. The summed E-state index contributed by atoms with van der Waals surface area (Å²) < 4.78 is 22.9. The van der Waals surface area contributed by atoms with Crippen molar-refractivity contribution in [3.63, 3.8) is 0 Å². The Morgan fingerprint density at radius 3 is 2.16 bits per heavy atom. The van der Waals surface area contributed by atoms with Crippen molar-refractivity contribution in [2.45, 2.75) is 102 Å². The molecule has 0 aromatic carbocycles. The molecule has 1 rings (SSSR count). The van der Waals surface area contributed by atoms with Gasteiger partial charge in [-0.05, 0) is 18.9 Å². The average molecular weight is 459 g/mol. The van der Waals surface area contributed by atoms with E-state index in [9.17, 15) is 19.5 Å². The van der Waals surface area contributed by atoms with Crippen LogP contribution in [0.25, 0.3) is 0 Å². The van der Waals surface area contributed by atoms with Gasteiger partial charge in [0, 0.05) is 13.3 Å². The Hall–Kier alpha value is -1.55. The maximum atomic E-state index is 12.5. The Bertz CT molecular complexity index is 683. The molecule has 0 aliphatic carbocycles. The zero-order valence-electron chi connectivity index (χ0n) is 20.0. The van der Waals surface area contributed by atoms with Crippen molar-refractivity contribution < 1.29 is 38.4 Å². The van der Waals surface area contributed by atoms with E-state index in [0.717, 1.165) is 0 Å². The lowest BCUT2D eigenvalue weighted by Crippen LogP contribution is -2.79. The first-order valence-corrected chi connectivity index (χ1v) is 13.6. The molecule has 1 heterocycles. The van der Waals surface area contributed by atoms with Gasteiger partial charge in [0.05, 0.1) is 19.1 Å². The third kappa shape index (κ3) is 6.03. The van der Waals surface area contributed by atoms with Crippen molar-refractivity contribution in [1.82, 2.24) is 0 Å². The third-order valence-corrected chi connectivity index (χ3v) is 12.7. The molecule has 0 bridgehead atoms. The largest absolute Gasteiger partial charge is 0.457 e. The van der Waals surface area contributed by atoms with Crippen LogP contribution >= 0.6 is 0 Å². The summed E-state index contributed by atoms with van der Waals surface area (Å²) in [6, 6.07) is 0. The molecule has 8 nitrogen and oxygen atoms in total. The predicted molar refractivity (Wildman–Crippen MR) is 118 cm³/mol. The molecule has 0 radical (unpaired) electrons. The number of ether oxygens (including phenoxy) is 4. The molecule has 0 unspecified atom stereocenters. The molecular formula is C22H38O8Si. The van der Waals surface area contributed by atoms with E-state index >= 15 is 0 Å². The summed E-state index contributed by atoms with van der Waals surface area (Å²) in [6.45, 7) is 18.0. The van der Waals surface area contributed by atoms with Gasteiger partial charge in [0.15, 0.2) is 18.5 Å². The quantitative estimate of drug-likeness (QED) is 0.319. The Kier molecular flexibility index (Phi) is 9.20. The molecule has 178 valence electrons. The lowest BCUT2D eigenvalue weighted by molar-refractivity contribution is -0.310. The first-order valence-electron chi connectivity index (χ1n) is 10.6. The van der Waals surface area contributed by atoms with Gasteiger partial charge in [-0.25, -0.2) is 0 Å². The topological polar surface area (TPSA) is 108 Å². The normalized spacial score (nSPS) is 29.2. The van der Waals surface area contributed by atoms with E-state index in [1.165, 1.54) is 19.9 Å². The monoisotopic (exact) mass is 458 g/mol. The fraction of sp³-hybridized carbons (Fsp3) is 0.773. The smallest absolute Gasteiger partial charge is 0.306 e. The highest BCUT2D eigenvalue weighted by Crippen LogP contribution is 2.50. The van der Waals surface area contributed by atoms with Crippen LogP contribution in [-0.4, -0.2) is 67.3 Å². The van der Waals surface area contributed by atoms with E-state index in [1.54, 1.807) is 6.92 Å². The van der Waals surface area contributed by atoms with E-state index in [4.69, 9.17) is 18.9 Å². The van der Waals surface area contributed by atoms with Gasteiger partial charge >= 0.3 is 11.9 Å². The Balaban J connectivity index is 3.54. The second-order valence-electron chi connectivity index (χ2n) is 9.67. The standard InChI is InChI=1S/C22H38O8Si/c1-10-13-27-20-19(29-16(4)24)22(26,31(8,9)21(5,6)7)18(15(3)28-20)30-17(25)12-11-14(2)23/h10,15,18-20,26H,1,11-13H2,2-9H3/t15-,18-,19-,20+,22-/m0/s1. The maximum absolute atomic E-state index is 12.5. The van der Waals surface area contributed by atoms with Crippen LogP contribution in [0.4, 0.5) is 0 Å². The van der Waals surface area contributed by atoms with E-state index in [1.807, 2.05) is 33.9 Å². The molecule has 1 saturated heterocycles. The molecule has 1 fully saturated rings. The van der Waals surface area contributed by atoms with Crippen molar-refractivity contribution in [3.8, 4) is 0 Å². The summed E-state index contributed by atoms with van der Waals surface area (Å²) in [5, 5.41) is 10.2. The Morgan fingerprint density at radius 2 is 1.71 bits per heavy atom. The van der Waals surface area contributed by atoms with Gasteiger partial charge in [-0.3, -0.25) is 9.59 Å². The summed E-state index contributed by atoms with van der Waals surface area (Å²) in [7, 11) is -2.81. The minimum absolute atomic E-state index is 0.0394. The average Bonchev–Trinajstić information content (AvgIpc) is 2.63. The van der Waals surface area contributed by atoms with Crippen molar-refractivity contribution >= 4 is 25.8 Å². The van der Waals surface area contributed by atoms with Gasteiger partial charge in [0.2, 0.25) is 0 Å². The van der Waals surface area contributed by atoms with Crippen LogP contribution in [0, 0.1) is 0 Å². The van der Waals surface area contributed by atoms with Crippen LogP contribution in [0.2, 0.25) is 18.1 Å². The number of hydrogen-bond donors (Lipinski definition) is 1. The zero-order chi connectivity index (χ0) is 24.2. The number of ketones is 1. The van der Waals surface area contributed by atoms with Gasteiger partial charge in [0.1, 0.15) is 19.1 Å². The highest BCUT2D eigenvalue weighted by molar-refractivity contribution is 6.83. The second-order valence-corrected chi connectivity index (χ2v) is 15.2. The Labute approximate surface area is 186 Å². The highest BCUT2D eigenvalue weighted by Gasteiger charge is 2.68. The van der Waals surface area contributed by atoms with Crippen LogP contribution in [0.15, 0.2) is 12.7 Å². The molecule has 0 aromatic heterocycles. The summed E-state index contributed by atoms with van der Waals surface area (Å²) in [6.07, 6.45) is -2.69. The zero-order valence-corrected chi connectivity index (χ0v) is 21.0. The number of esters is 2. The minimum Gasteiger partial charge on any atom is -0.457 e.